The molecule has 0 radical (unpaired) electrons. The highest BCUT2D eigenvalue weighted by atomic mass is 32.2. The van der Waals surface area contributed by atoms with Gasteiger partial charge < -0.3 is 10.8 Å². The summed E-state index contributed by atoms with van der Waals surface area (Å²) >= 11 is 4.24. The topological polar surface area (TPSA) is 184 Å². The smallest absolute Gasteiger partial charge is 0.319 e. The van der Waals surface area contributed by atoms with Gasteiger partial charge in [-0.15, -0.1) is 17.7 Å². The van der Waals surface area contributed by atoms with Crippen LogP contribution in [-0.4, -0.2) is 35.7 Å². The highest BCUT2D eigenvalue weighted by Gasteiger charge is 2.20. The number of azo groups is 1. The highest BCUT2D eigenvalue weighted by Crippen LogP contribution is 2.33. The summed E-state index contributed by atoms with van der Waals surface area (Å²) in [5, 5.41) is 19.0. The van der Waals surface area contributed by atoms with Crippen LogP contribution in [0.2, 0.25) is 0 Å². The van der Waals surface area contributed by atoms with Gasteiger partial charge in [0, 0.05) is 5.71 Å². The summed E-state index contributed by atoms with van der Waals surface area (Å²) < 4.78 is 32.8. The van der Waals surface area contributed by atoms with Gasteiger partial charge in [0.1, 0.15) is 10.7 Å². The quantitative estimate of drug-likeness (QED) is 0.100. The predicted octanol–water partition coefficient (Wildman–Crippen LogP) is 3.66. The molecule has 1 aromatic carbocycles. The normalized spacial score (nSPS) is 15.6. The van der Waals surface area contributed by atoms with Crippen LogP contribution in [-0.2, 0) is 14.9 Å². The van der Waals surface area contributed by atoms with Gasteiger partial charge in [-0.1, -0.05) is 12.1 Å². The zero-order chi connectivity index (χ0) is 24.9. The number of thiol groups is 1. The lowest BCUT2D eigenvalue weighted by molar-refractivity contribution is -0.116. The van der Waals surface area contributed by atoms with Crippen LogP contribution in [0.5, 0.6) is 0 Å². The summed E-state index contributed by atoms with van der Waals surface area (Å²) in [6, 6.07) is 2.05. The van der Waals surface area contributed by atoms with Gasteiger partial charge in [-0.05, 0) is 56.9 Å². The van der Waals surface area contributed by atoms with Crippen LogP contribution in [0.3, 0.4) is 0 Å². The minimum Gasteiger partial charge on any atom is -0.510 e. The number of urea groups is 1. The lowest BCUT2D eigenvalue weighted by Crippen LogP contribution is -2.35. The Bertz CT molecular complexity index is 1260. The molecule has 1 aliphatic carbocycles. The molecule has 13 heteroatoms. The number of benzene rings is 1. The second-order valence-corrected chi connectivity index (χ2v) is 8.86. The average Bonchev–Trinajstić information content (AvgIpc) is 2.69. The third kappa shape index (κ3) is 6.84. The molecule has 5 N–H and O–H groups in total. The number of primary amides is 1. The number of aliphatic hydroxyl groups excluding tert-OH is 1. The third-order valence-electron chi connectivity index (χ3n) is 4.52. The van der Waals surface area contributed by atoms with E-state index in [1.165, 1.54) is 13.0 Å². The maximum absolute atomic E-state index is 11.8. The monoisotopic (exact) mass is 493 g/mol. The Morgan fingerprint density at radius 1 is 1.18 bits per heavy atom. The van der Waals surface area contributed by atoms with Crippen LogP contribution in [0.15, 0.2) is 72.0 Å². The number of allylic oxidation sites excluding steroid dienone is 5. The largest absolute Gasteiger partial charge is 0.510 e. The number of rotatable bonds is 6. The number of imide groups is 1. The van der Waals surface area contributed by atoms with E-state index in [1.807, 2.05) is 0 Å². The van der Waals surface area contributed by atoms with E-state index in [0.29, 0.717) is 29.8 Å². The number of aliphatic hydroxyl groups is 1. The van der Waals surface area contributed by atoms with Gasteiger partial charge in [0.05, 0.1) is 16.3 Å². The summed E-state index contributed by atoms with van der Waals surface area (Å²) in [6.45, 7) is 4.51. The van der Waals surface area contributed by atoms with E-state index >= 15 is 0 Å². The minimum absolute atomic E-state index is 0.0474. The number of amides is 3. The van der Waals surface area contributed by atoms with Crippen molar-refractivity contribution in [3.8, 4) is 0 Å². The van der Waals surface area contributed by atoms with Crippen LogP contribution in [0.25, 0.3) is 0 Å². The average molecular weight is 494 g/mol. The Morgan fingerprint density at radius 3 is 2.36 bits per heavy atom. The van der Waals surface area contributed by atoms with Gasteiger partial charge in [-0.25, -0.2) is 4.79 Å². The molecule has 0 aromatic heterocycles. The first-order valence-corrected chi connectivity index (χ1v) is 11.4. The molecule has 0 unspecified atom stereocenters. The fourth-order valence-electron chi connectivity index (χ4n) is 2.91. The maximum Gasteiger partial charge on any atom is 0.319 e. The summed E-state index contributed by atoms with van der Waals surface area (Å²) in [5.74, 6) is -1.41. The molecule has 33 heavy (non-hydrogen) atoms. The van der Waals surface area contributed by atoms with Crippen molar-refractivity contribution in [2.75, 3.05) is 0 Å². The zero-order valence-electron chi connectivity index (χ0n) is 18.0. The highest BCUT2D eigenvalue weighted by molar-refractivity contribution is 7.87. The minimum atomic E-state index is -4.46. The molecule has 1 aromatic rings. The Kier molecular flexibility index (Phi) is 8.30. The third-order valence-corrected chi connectivity index (χ3v) is 6.16. The van der Waals surface area contributed by atoms with Gasteiger partial charge in [0.25, 0.3) is 16.0 Å². The van der Waals surface area contributed by atoms with Gasteiger partial charge >= 0.3 is 6.03 Å². The number of nitrogens with zero attached hydrogens (tertiary/aromatic N) is 3. The van der Waals surface area contributed by atoms with Crippen molar-refractivity contribution in [1.82, 2.24) is 5.32 Å². The molecule has 0 saturated heterocycles. The summed E-state index contributed by atoms with van der Waals surface area (Å²) in [4.78, 5) is 26.8. The van der Waals surface area contributed by atoms with Crippen LogP contribution in [0.1, 0.15) is 32.3 Å². The Hall–Kier alpha value is -3.29. The van der Waals surface area contributed by atoms with Crippen molar-refractivity contribution in [2.24, 2.45) is 21.0 Å². The van der Waals surface area contributed by atoms with Crippen molar-refractivity contribution in [3.63, 3.8) is 0 Å². The zero-order valence-corrected chi connectivity index (χ0v) is 19.7. The number of nitrogens with two attached hydrogens (primary N) is 1. The second kappa shape index (κ2) is 10.6. The maximum atomic E-state index is 11.8. The first kappa shape index (κ1) is 26.0. The molecular formula is C20H23N5O6S2. The first-order chi connectivity index (χ1) is 15.3. The molecule has 0 saturated carbocycles. The molecule has 176 valence electrons. The van der Waals surface area contributed by atoms with E-state index in [0.717, 1.165) is 5.57 Å². The van der Waals surface area contributed by atoms with E-state index in [2.05, 4.69) is 27.8 Å². The molecule has 0 atom stereocenters. The van der Waals surface area contributed by atoms with E-state index in [-0.39, 0.29) is 15.5 Å². The first-order valence-electron chi connectivity index (χ1n) is 9.49. The fraction of sp³-hybridized carbons (Fsp3) is 0.250. The Labute approximate surface area is 196 Å². The van der Waals surface area contributed by atoms with E-state index in [1.54, 1.807) is 37.4 Å². The number of aliphatic imine (C=N–C) groups is 1. The van der Waals surface area contributed by atoms with Crippen molar-refractivity contribution in [3.05, 3.63) is 52.6 Å². The molecule has 0 bridgehead atoms. The Balaban J connectivity index is 2.28. The SMILES string of the molecule is CC(=Nc1ccc(C)c(S(=O)(=O)O)c1S)C1=CC=C(N=NC(C(=O)NC(N)=O)=C(C)O)CC1. The van der Waals surface area contributed by atoms with Crippen molar-refractivity contribution < 1.29 is 27.7 Å². The van der Waals surface area contributed by atoms with Gasteiger partial charge in [0.15, 0.2) is 5.70 Å². The lowest BCUT2D eigenvalue weighted by Gasteiger charge is -2.13. The molecule has 11 nitrogen and oxygen atoms in total. The van der Waals surface area contributed by atoms with Crippen molar-refractivity contribution in [2.45, 2.75) is 43.4 Å². The summed E-state index contributed by atoms with van der Waals surface area (Å²) in [7, 11) is -4.46. The molecule has 0 heterocycles. The molecule has 0 spiro atoms. The molecule has 0 aliphatic heterocycles. The van der Waals surface area contributed by atoms with E-state index < -0.39 is 33.5 Å². The summed E-state index contributed by atoms with van der Waals surface area (Å²) in [6.07, 6.45) is 4.35. The molecular weight excluding hydrogens is 470 g/mol. The molecule has 3 amide bonds. The van der Waals surface area contributed by atoms with Crippen LogP contribution in [0, 0.1) is 6.92 Å². The predicted molar refractivity (Wildman–Crippen MR) is 124 cm³/mol. The van der Waals surface area contributed by atoms with Crippen LogP contribution in [0.4, 0.5) is 10.5 Å². The van der Waals surface area contributed by atoms with E-state index in [4.69, 9.17) is 5.73 Å². The second-order valence-electron chi connectivity index (χ2n) is 7.05. The fourth-order valence-corrected chi connectivity index (χ4v) is 4.38. The number of hydrogen-bond acceptors (Lipinski definition) is 9. The Morgan fingerprint density at radius 2 is 1.85 bits per heavy atom. The van der Waals surface area contributed by atoms with E-state index in [9.17, 15) is 27.7 Å². The number of aryl methyl sites for hydroxylation is 1. The molecule has 1 aliphatic rings. The van der Waals surface area contributed by atoms with Crippen molar-refractivity contribution in [1.29, 1.82) is 0 Å². The van der Waals surface area contributed by atoms with Crippen LogP contribution < -0.4 is 11.1 Å². The number of nitrogens with one attached hydrogen (secondary N) is 1. The molecule has 0 fully saturated rings. The standard InChI is InChI=1S/C20H23N5O6S2/c1-10-4-9-15(17(32)18(10)33(29,30)31)22-11(2)13-5-7-14(8-6-13)24-25-16(12(3)26)19(27)23-20(21)28/h4-5,7,9,26,32H,6,8H2,1-3H3,(H,29,30,31)(H3,21,23,27,28). The summed E-state index contributed by atoms with van der Waals surface area (Å²) in [5.41, 5.74) is 7.05. The van der Waals surface area contributed by atoms with Crippen molar-refractivity contribution >= 4 is 46.1 Å². The number of carbonyl (C=O) groups is 2. The number of hydrogen-bond donors (Lipinski definition) is 5. The lowest BCUT2D eigenvalue weighted by atomic mass is 9.99. The van der Waals surface area contributed by atoms with Gasteiger partial charge in [-0.3, -0.25) is 19.7 Å². The molecule has 2 rings (SSSR count). The van der Waals surface area contributed by atoms with Gasteiger partial charge in [-0.2, -0.15) is 13.5 Å². The van der Waals surface area contributed by atoms with Crippen LogP contribution >= 0.6 is 12.6 Å². The number of carbonyl (C=O) groups excluding carboxylic acids is 2. The van der Waals surface area contributed by atoms with Gasteiger partial charge in [0.2, 0.25) is 0 Å².